The van der Waals surface area contributed by atoms with Crippen molar-refractivity contribution in [2.45, 2.75) is 63.4 Å². The van der Waals surface area contributed by atoms with Gasteiger partial charge in [-0.25, -0.2) is 13.4 Å². The van der Waals surface area contributed by atoms with E-state index in [9.17, 15) is 21.6 Å². The lowest BCUT2D eigenvalue weighted by Gasteiger charge is -2.34. The average molecular weight is 487 g/mol. The highest BCUT2D eigenvalue weighted by atomic mass is 32.2. The van der Waals surface area contributed by atoms with Crippen LogP contribution in [-0.2, 0) is 34.9 Å². The highest BCUT2D eigenvalue weighted by Gasteiger charge is 2.51. The number of nitrogens with zero attached hydrogens (tertiary/aromatic N) is 4. The van der Waals surface area contributed by atoms with E-state index in [1.807, 2.05) is 30.3 Å². The zero-order chi connectivity index (χ0) is 23.8. The Bertz CT molecular complexity index is 1080. The van der Waals surface area contributed by atoms with Gasteiger partial charge < -0.3 is 14.2 Å². The number of anilines is 1. The van der Waals surface area contributed by atoms with Gasteiger partial charge in [-0.2, -0.15) is 17.5 Å². The van der Waals surface area contributed by atoms with Crippen molar-refractivity contribution in [1.29, 1.82) is 0 Å². The molecular weight excluding hydrogens is 457 g/mol. The fourth-order valence-electron chi connectivity index (χ4n) is 4.64. The minimum atomic E-state index is -5.51. The Morgan fingerprint density at radius 1 is 1.21 bits per heavy atom. The molecule has 2 heterocycles. The first-order chi connectivity index (χ1) is 15.6. The molecule has 0 radical (unpaired) electrons. The molecule has 11 heteroatoms. The molecule has 1 unspecified atom stereocenters. The molecule has 7 nitrogen and oxygen atoms in total. The SMILES string of the molecule is Cc1cccc2c1CN(S(=O)(=O)C(F)(F)F)CC(COC1CCCC1)N2Cc1cn(C)cn1. The number of imidazole rings is 1. The van der Waals surface area contributed by atoms with E-state index in [2.05, 4.69) is 4.98 Å². The normalized spacial score (nSPS) is 20.8. The Labute approximate surface area is 192 Å². The first-order valence-electron chi connectivity index (χ1n) is 11.1. The summed E-state index contributed by atoms with van der Waals surface area (Å²) in [6.45, 7) is 1.58. The van der Waals surface area contributed by atoms with Gasteiger partial charge in [0, 0.05) is 32.0 Å². The summed E-state index contributed by atoms with van der Waals surface area (Å²) < 4.78 is 74.0. The van der Waals surface area contributed by atoms with Crippen LogP contribution in [0.2, 0.25) is 0 Å². The maximum absolute atomic E-state index is 13.5. The second kappa shape index (κ2) is 9.27. The van der Waals surface area contributed by atoms with Crippen LogP contribution in [0.1, 0.15) is 42.5 Å². The van der Waals surface area contributed by atoms with Crippen LogP contribution in [0.4, 0.5) is 18.9 Å². The zero-order valence-electron chi connectivity index (χ0n) is 18.8. The Balaban J connectivity index is 1.75. The van der Waals surface area contributed by atoms with E-state index in [1.54, 1.807) is 23.9 Å². The molecule has 4 rings (SSSR count). The topological polar surface area (TPSA) is 67.7 Å². The van der Waals surface area contributed by atoms with Gasteiger partial charge in [-0.05, 0) is 37.0 Å². The predicted octanol–water partition coefficient (Wildman–Crippen LogP) is 3.73. The van der Waals surface area contributed by atoms with Crippen LogP contribution in [0.15, 0.2) is 30.7 Å². The highest BCUT2D eigenvalue weighted by Crippen LogP contribution is 2.36. The van der Waals surface area contributed by atoms with E-state index in [-0.39, 0.29) is 25.8 Å². The number of sulfonamides is 1. The third-order valence-corrected chi connectivity index (χ3v) is 7.98. The van der Waals surface area contributed by atoms with Gasteiger partial charge in [0.1, 0.15) is 0 Å². The molecule has 1 atom stereocenters. The molecule has 33 heavy (non-hydrogen) atoms. The van der Waals surface area contributed by atoms with Crippen molar-refractivity contribution in [3.05, 3.63) is 47.5 Å². The molecule has 0 saturated heterocycles. The number of hydrogen-bond donors (Lipinski definition) is 0. The van der Waals surface area contributed by atoms with Gasteiger partial charge in [0.25, 0.3) is 0 Å². The second-order valence-corrected chi connectivity index (χ2v) is 10.8. The number of ether oxygens (including phenoxy) is 1. The van der Waals surface area contributed by atoms with Gasteiger partial charge in [-0.15, -0.1) is 0 Å². The summed E-state index contributed by atoms with van der Waals surface area (Å²) in [5.41, 5.74) is -2.63. The van der Waals surface area contributed by atoms with Gasteiger partial charge in [0.05, 0.1) is 37.3 Å². The second-order valence-electron chi connectivity index (χ2n) is 8.87. The molecule has 0 N–H and O–H groups in total. The summed E-state index contributed by atoms with van der Waals surface area (Å²) >= 11 is 0. The van der Waals surface area contributed by atoms with E-state index >= 15 is 0 Å². The number of hydrogen-bond acceptors (Lipinski definition) is 5. The lowest BCUT2D eigenvalue weighted by molar-refractivity contribution is -0.0495. The third-order valence-electron chi connectivity index (χ3n) is 6.43. The molecule has 2 aliphatic rings. The minimum Gasteiger partial charge on any atom is -0.376 e. The van der Waals surface area contributed by atoms with Crippen molar-refractivity contribution in [2.75, 3.05) is 18.1 Å². The Morgan fingerprint density at radius 3 is 2.58 bits per heavy atom. The third kappa shape index (κ3) is 5.04. The van der Waals surface area contributed by atoms with Crippen LogP contribution in [0.25, 0.3) is 0 Å². The molecule has 2 aromatic rings. The predicted molar refractivity (Wildman–Crippen MR) is 118 cm³/mol. The molecule has 182 valence electrons. The number of aromatic nitrogens is 2. The van der Waals surface area contributed by atoms with Crippen LogP contribution in [0.5, 0.6) is 0 Å². The number of halogens is 3. The Morgan fingerprint density at radius 2 is 1.94 bits per heavy atom. The van der Waals surface area contributed by atoms with Crippen molar-refractivity contribution >= 4 is 15.7 Å². The van der Waals surface area contributed by atoms with Crippen molar-refractivity contribution in [1.82, 2.24) is 13.9 Å². The lowest BCUT2D eigenvalue weighted by Crippen LogP contribution is -2.49. The van der Waals surface area contributed by atoms with Crippen LogP contribution < -0.4 is 4.90 Å². The first-order valence-corrected chi connectivity index (χ1v) is 12.5. The number of rotatable bonds is 6. The summed E-state index contributed by atoms with van der Waals surface area (Å²) in [7, 11) is -3.67. The monoisotopic (exact) mass is 486 g/mol. The molecule has 1 aliphatic heterocycles. The molecule has 1 aliphatic carbocycles. The number of alkyl halides is 3. The lowest BCUT2D eigenvalue weighted by atomic mass is 10.1. The Hall–Kier alpha value is -2.11. The van der Waals surface area contributed by atoms with E-state index < -0.39 is 21.6 Å². The smallest absolute Gasteiger partial charge is 0.376 e. The number of aryl methyl sites for hydroxylation is 2. The largest absolute Gasteiger partial charge is 0.511 e. The summed E-state index contributed by atoms with van der Waals surface area (Å²) in [4.78, 5) is 6.33. The van der Waals surface area contributed by atoms with Crippen molar-refractivity contribution in [3.8, 4) is 0 Å². The molecule has 0 bridgehead atoms. The van der Waals surface area contributed by atoms with E-state index in [1.165, 1.54) is 0 Å². The standard InChI is InChI=1S/C22H29F3N4O3S/c1-16-6-5-9-21-20(16)13-28(33(30,31)22(23,24)25)12-18(14-32-19-7-3-4-8-19)29(21)11-17-10-27(2)15-26-17/h5-6,9-10,15,18-19H,3-4,7-8,11-14H2,1-2H3. The fraction of sp³-hybridized carbons (Fsp3) is 0.591. The van der Waals surface area contributed by atoms with Gasteiger partial charge >= 0.3 is 15.5 Å². The summed E-state index contributed by atoms with van der Waals surface area (Å²) in [6.07, 6.45) is 7.50. The fourth-order valence-corrected chi connectivity index (χ4v) is 5.60. The van der Waals surface area contributed by atoms with Crippen LogP contribution >= 0.6 is 0 Å². The molecular formula is C22H29F3N4O3S. The molecule has 0 spiro atoms. The Kier molecular flexibility index (Phi) is 6.75. The minimum absolute atomic E-state index is 0.0506. The molecule has 1 aromatic carbocycles. The van der Waals surface area contributed by atoms with Crippen molar-refractivity contribution in [3.63, 3.8) is 0 Å². The highest BCUT2D eigenvalue weighted by molar-refractivity contribution is 7.89. The number of benzene rings is 1. The quantitative estimate of drug-likeness (QED) is 0.623. The number of fused-ring (bicyclic) bond motifs is 1. The van der Waals surface area contributed by atoms with Crippen molar-refractivity contribution in [2.24, 2.45) is 7.05 Å². The van der Waals surface area contributed by atoms with Crippen LogP contribution in [0, 0.1) is 6.92 Å². The van der Waals surface area contributed by atoms with E-state index in [4.69, 9.17) is 4.74 Å². The summed E-state index contributed by atoms with van der Waals surface area (Å²) in [5, 5.41) is 0. The first kappa shape index (κ1) is 24.0. The molecule has 0 amide bonds. The average Bonchev–Trinajstić information content (AvgIpc) is 3.37. The van der Waals surface area contributed by atoms with Crippen LogP contribution in [0.3, 0.4) is 0 Å². The summed E-state index contributed by atoms with van der Waals surface area (Å²) in [6, 6.07) is 4.85. The maximum atomic E-state index is 13.5. The van der Waals surface area contributed by atoms with Gasteiger partial charge in [0.2, 0.25) is 0 Å². The maximum Gasteiger partial charge on any atom is 0.511 e. The van der Waals surface area contributed by atoms with Crippen molar-refractivity contribution < 1.29 is 26.3 Å². The molecule has 1 saturated carbocycles. The van der Waals surface area contributed by atoms with E-state index in [0.29, 0.717) is 22.1 Å². The van der Waals surface area contributed by atoms with Gasteiger partial charge in [0.15, 0.2) is 0 Å². The molecule has 1 fully saturated rings. The molecule has 1 aromatic heterocycles. The zero-order valence-corrected chi connectivity index (χ0v) is 19.6. The van der Waals surface area contributed by atoms with Gasteiger partial charge in [-0.1, -0.05) is 25.0 Å². The van der Waals surface area contributed by atoms with Crippen LogP contribution in [-0.4, -0.2) is 53.1 Å². The summed E-state index contributed by atoms with van der Waals surface area (Å²) in [5.74, 6) is 0. The van der Waals surface area contributed by atoms with Gasteiger partial charge in [-0.3, -0.25) is 0 Å². The van der Waals surface area contributed by atoms with E-state index in [0.717, 1.165) is 36.9 Å².